The van der Waals surface area contributed by atoms with Crippen LogP contribution in [0.2, 0.25) is 0 Å². The minimum absolute atomic E-state index is 0.217. The van der Waals surface area contributed by atoms with Crippen LogP contribution in [0.4, 0.5) is 0 Å². The topological polar surface area (TPSA) is 60.8 Å². The number of hydrogen-bond donors (Lipinski definition) is 2. The molecule has 1 saturated heterocycles. The fourth-order valence-corrected chi connectivity index (χ4v) is 2.72. The first-order valence-corrected chi connectivity index (χ1v) is 7.69. The van der Waals surface area contributed by atoms with Crippen molar-refractivity contribution in [3.63, 3.8) is 0 Å². The summed E-state index contributed by atoms with van der Waals surface area (Å²) >= 11 is 0. The zero-order valence-corrected chi connectivity index (χ0v) is 13.2. The maximum absolute atomic E-state index is 10.8. The second-order valence-corrected chi connectivity index (χ2v) is 5.50. The molecule has 0 aliphatic carbocycles. The van der Waals surface area contributed by atoms with Crippen LogP contribution >= 0.6 is 0 Å². The van der Waals surface area contributed by atoms with E-state index in [1.807, 2.05) is 30.3 Å². The van der Waals surface area contributed by atoms with Gasteiger partial charge in [0.25, 0.3) is 0 Å². The molecule has 4 nitrogen and oxygen atoms in total. The van der Waals surface area contributed by atoms with E-state index in [2.05, 4.69) is 18.7 Å². The number of hydrogen-bond acceptors (Lipinski definition) is 3. The van der Waals surface area contributed by atoms with Gasteiger partial charge in [0.05, 0.1) is 0 Å². The number of nitrogens with zero attached hydrogens (tertiary/aromatic N) is 1. The summed E-state index contributed by atoms with van der Waals surface area (Å²) < 4.78 is 0. The van der Waals surface area contributed by atoms with Gasteiger partial charge >= 0.3 is 5.97 Å². The number of aliphatic carboxylic acids is 1. The van der Waals surface area contributed by atoms with Gasteiger partial charge in [-0.3, -0.25) is 9.69 Å². The second-order valence-electron chi connectivity index (χ2n) is 5.50. The minimum atomic E-state index is -0.745. The van der Waals surface area contributed by atoms with Crippen LogP contribution in [0.25, 0.3) is 0 Å². The number of carboxylic acid groups (broad SMARTS) is 1. The van der Waals surface area contributed by atoms with Gasteiger partial charge in [0.2, 0.25) is 0 Å². The molecule has 0 spiro atoms. The Kier molecular flexibility index (Phi) is 6.85. The summed E-state index contributed by atoms with van der Waals surface area (Å²) in [6.07, 6.45) is 2.22. The summed E-state index contributed by atoms with van der Waals surface area (Å²) in [7, 11) is 0. The van der Waals surface area contributed by atoms with Crippen LogP contribution < -0.4 is 0 Å². The first kappa shape index (κ1) is 17.7. The van der Waals surface area contributed by atoms with Crippen molar-refractivity contribution in [2.24, 2.45) is 0 Å². The predicted octanol–water partition coefficient (Wildman–Crippen LogP) is 2.86. The van der Waals surface area contributed by atoms with Crippen LogP contribution in [0.3, 0.4) is 0 Å². The van der Waals surface area contributed by atoms with Crippen molar-refractivity contribution in [2.75, 3.05) is 13.1 Å². The summed E-state index contributed by atoms with van der Waals surface area (Å²) in [6, 6.07) is 10.3. The summed E-state index contributed by atoms with van der Waals surface area (Å²) in [5.74, 6) is -0.745. The van der Waals surface area contributed by atoms with Gasteiger partial charge in [0, 0.05) is 19.0 Å². The number of benzene rings is 1. The maximum Gasteiger partial charge on any atom is 0.303 e. The molecule has 1 aromatic carbocycles. The lowest BCUT2D eigenvalue weighted by atomic mass is 9.87. The zero-order valence-electron chi connectivity index (χ0n) is 13.2. The molecule has 1 aliphatic rings. The molecule has 4 heteroatoms. The van der Waals surface area contributed by atoms with Crippen molar-refractivity contribution in [2.45, 2.75) is 51.7 Å². The van der Waals surface area contributed by atoms with E-state index in [9.17, 15) is 9.90 Å². The summed E-state index contributed by atoms with van der Waals surface area (Å²) in [4.78, 5) is 11.8. The van der Waals surface area contributed by atoms with E-state index in [0.717, 1.165) is 31.5 Å². The molecule has 1 heterocycles. The van der Waals surface area contributed by atoms with Gasteiger partial charge in [-0.15, -0.1) is 0 Å². The van der Waals surface area contributed by atoms with Gasteiger partial charge < -0.3 is 10.2 Å². The Morgan fingerprint density at radius 2 is 1.90 bits per heavy atom. The van der Waals surface area contributed by atoms with E-state index in [-0.39, 0.29) is 12.5 Å². The molecule has 0 saturated carbocycles. The van der Waals surface area contributed by atoms with Crippen LogP contribution in [0.5, 0.6) is 0 Å². The molecule has 0 aromatic heterocycles. The molecule has 1 aromatic rings. The third-order valence-corrected chi connectivity index (χ3v) is 4.11. The van der Waals surface area contributed by atoms with Gasteiger partial charge in [-0.1, -0.05) is 44.2 Å². The zero-order chi connectivity index (χ0) is 15.9. The summed E-state index contributed by atoms with van der Waals surface area (Å²) in [6.45, 7) is 8.00. The lowest BCUT2D eigenvalue weighted by Gasteiger charge is -2.31. The Hall–Kier alpha value is -1.39. The van der Waals surface area contributed by atoms with Gasteiger partial charge in [0.15, 0.2) is 0 Å². The number of aliphatic hydroxyl groups is 1. The van der Waals surface area contributed by atoms with E-state index < -0.39 is 11.6 Å². The molecule has 0 radical (unpaired) electrons. The van der Waals surface area contributed by atoms with Gasteiger partial charge in [-0.05, 0) is 31.9 Å². The Morgan fingerprint density at radius 1 is 1.33 bits per heavy atom. The number of rotatable bonds is 4. The molecular formula is C17H27NO3. The average Bonchev–Trinajstić information content (AvgIpc) is 2.79. The van der Waals surface area contributed by atoms with Crippen molar-refractivity contribution in [3.8, 4) is 0 Å². The first-order chi connectivity index (χ1) is 9.95. The highest BCUT2D eigenvalue weighted by Crippen LogP contribution is 2.37. The molecule has 2 N–H and O–H groups in total. The molecule has 1 aliphatic heterocycles. The highest BCUT2D eigenvalue weighted by Gasteiger charge is 2.43. The number of likely N-dealkylation sites (tertiary alicyclic amines) is 1. The highest BCUT2D eigenvalue weighted by molar-refractivity contribution is 5.66. The average molecular weight is 293 g/mol. The SMILES string of the molecule is CCC(=O)O.CCCN1CCC(O)(c2ccccc2)C1C. The smallest absolute Gasteiger partial charge is 0.303 e. The molecule has 1 fully saturated rings. The summed E-state index contributed by atoms with van der Waals surface area (Å²) in [5.41, 5.74) is 0.400. The molecule has 0 amide bonds. The van der Waals surface area contributed by atoms with Crippen molar-refractivity contribution >= 4 is 5.97 Å². The molecule has 2 unspecified atom stereocenters. The molecule has 0 bridgehead atoms. The van der Waals surface area contributed by atoms with E-state index in [4.69, 9.17) is 5.11 Å². The molecule has 2 atom stereocenters. The molecular weight excluding hydrogens is 266 g/mol. The van der Waals surface area contributed by atoms with Gasteiger partial charge in [-0.2, -0.15) is 0 Å². The fourth-order valence-electron chi connectivity index (χ4n) is 2.72. The van der Waals surface area contributed by atoms with E-state index in [1.54, 1.807) is 6.92 Å². The molecule has 118 valence electrons. The van der Waals surface area contributed by atoms with E-state index in [1.165, 1.54) is 0 Å². The normalized spacial score (nSPS) is 25.2. The van der Waals surface area contributed by atoms with Crippen molar-refractivity contribution < 1.29 is 15.0 Å². The van der Waals surface area contributed by atoms with Crippen LogP contribution in [0.1, 0.15) is 45.6 Å². The quantitative estimate of drug-likeness (QED) is 0.896. The second kappa shape index (κ2) is 8.15. The Balaban J connectivity index is 0.000000383. The predicted molar refractivity (Wildman–Crippen MR) is 84.2 cm³/mol. The van der Waals surface area contributed by atoms with E-state index >= 15 is 0 Å². The highest BCUT2D eigenvalue weighted by atomic mass is 16.4. The van der Waals surface area contributed by atoms with Gasteiger partial charge in [0.1, 0.15) is 5.60 Å². The monoisotopic (exact) mass is 293 g/mol. The van der Waals surface area contributed by atoms with Crippen LogP contribution in [-0.4, -0.2) is 40.2 Å². The van der Waals surface area contributed by atoms with Crippen LogP contribution in [0.15, 0.2) is 30.3 Å². The van der Waals surface area contributed by atoms with Crippen LogP contribution in [-0.2, 0) is 10.4 Å². The Labute approximate surface area is 127 Å². The lowest BCUT2D eigenvalue weighted by Crippen LogP contribution is -2.40. The van der Waals surface area contributed by atoms with E-state index in [0.29, 0.717) is 0 Å². The number of carbonyl (C=O) groups is 1. The van der Waals surface area contributed by atoms with Crippen molar-refractivity contribution in [1.82, 2.24) is 4.90 Å². The van der Waals surface area contributed by atoms with Crippen LogP contribution in [0, 0.1) is 0 Å². The maximum atomic E-state index is 10.8. The third kappa shape index (κ3) is 4.55. The minimum Gasteiger partial charge on any atom is -0.481 e. The Morgan fingerprint density at radius 3 is 2.38 bits per heavy atom. The Bertz CT molecular complexity index is 435. The number of carboxylic acids is 1. The van der Waals surface area contributed by atoms with Crippen molar-refractivity contribution in [1.29, 1.82) is 0 Å². The van der Waals surface area contributed by atoms with Crippen molar-refractivity contribution in [3.05, 3.63) is 35.9 Å². The molecule has 21 heavy (non-hydrogen) atoms. The van der Waals surface area contributed by atoms with Gasteiger partial charge in [-0.25, -0.2) is 0 Å². The standard InChI is InChI=1S/C14H21NO.C3H6O2/c1-3-10-15-11-9-14(16,12(15)2)13-7-5-4-6-8-13;1-2-3(4)5/h4-8,12,16H,3,9-11H2,1-2H3;2H2,1H3,(H,4,5). The lowest BCUT2D eigenvalue weighted by molar-refractivity contribution is -0.136. The largest absolute Gasteiger partial charge is 0.481 e. The first-order valence-electron chi connectivity index (χ1n) is 7.69. The summed E-state index contributed by atoms with van der Waals surface area (Å²) in [5, 5.41) is 18.5. The fraction of sp³-hybridized carbons (Fsp3) is 0.588. The molecule has 2 rings (SSSR count). The third-order valence-electron chi connectivity index (χ3n) is 4.11.